The van der Waals surface area contributed by atoms with Gasteiger partial charge in [0.1, 0.15) is 5.75 Å². The molecule has 3 amide bonds. The van der Waals surface area contributed by atoms with E-state index in [0.29, 0.717) is 24.5 Å². The maximum Gasteiger partial charge on any atom is 0.229 e. The first kappa shape index (κ1) is 19.4. The highest BCUT2D eigenvalue weighted by atomic mass is 16.5. The minimum Gasteiger partial charge on any atom is -0.494 e. The van der Waals surface area contributed by atoms with Crippen LogP contribution in [0.1, 0.15) is 20.3 Å². The Morgan fingerprint density at radius 2 is 1.79 bits per heavy atom. The van der Waals surface area contributed by atoms with E-state index < -0.39 is 5.92 Å². The molecule has 0 saturated carbocycles. The fraction of sp³-hybridized carbons (Fsp3) is 0.286. The Balaban J connectivity index is 1.64. The van der Waals surface area contributed by atoms with Crippen molar-refractivity contribution in [2.24, 2.45) is 5.92 Å². The molecule has 2 aromatic carbocycles. The highest BCUT2D eigenvalue weighted by Gasteiger charge is 2.35. The van der Waals surface area contributed by atoms with Crippen LogP contribution in [0.5, 0.6) is 5.75 Å². The van der Waals surface area contributed by atoms with Crippen LogP contribution in [0.2, 0.25) is 0 Å². The molecule has 146 valence electrons. The summed E-state index contributed by atoms with van der Waals surface area (Å²) in [5, 5.41) is 5.50. The topological polar surface area (TPSA) is 87.7 Å². The lowest BCUT2D eigenvalue weighted by Gasteiger charge is -2.17. The molecule has 1 aliphatic heterocycles. The number of nitrogens with one attached hydrogen (secondary N) is 2. The van der Waals surface area contributed by atoms with Crippen LogP contribution in [0.25, 0.3) is 0 Å². The number of nitrogens with zero attached hydrogens (tertiary/aromatic N) is 1. The van der Waals surface area contributed by atoms with E-state index in [4.69, 9.17) is 4.74 Å². The summed E-state index contributed by atoms with van der Waals surface area (Å²) in [6.07, 6.45) is 0.157. The van der Waals surface area contributed by atoms with Crippen LogP contribution in [0.15, 0.2) is 48.5 Å². The fourth-order valence-electron chi connectivity index (χ4n) is 3.14. The maximum absolute atomic E-state index is 12.6. The van der Waals surface area contributed by atoms with Crippen molar-refractivity contribution in [2.45, 2.75) is 20.3 Å². The zero-order valence-electron chi connectivity index (χ0n) is 15.9. The highest BCUT2D eigenvalue weighted by molar-refractivity contribution is 6.03. The number of rotatable bonds is 6. The second-order valence-corrected chi connectivity index (χ2v) is 6.58. The molecule has 1 fully saturated rings. The molecule has 7 heteroatoms. The zero-order chi connectivity index (χ0) is 20.1. The molecular weight excluding hydrogens is 358 g/mol. The number of hydrogen-bond acceptors (Lipinski definition) is 4. The lowest BCUT2D eigenvalue weighted by Crippen LogP contribution is -2.28. The first-order valence-corrected chi connectivity index (χ1v) is 9.18. The molecule has 1 atom stereocenters. The van der Waals surface area contributed by atoms with Gasteiger partial charge in [-0.15, -0.1) is 0 Å². The van der Waals surface area contributed by atoms with Crippen molar-refractivity contribution in [3.05, 3.63) is 48.5 Å². The standard InChI is InChI=1S/C21H23N3O4/c1-3-28-19-9-7-18(8-10-19)24-13-15(11-20(24)26)21(27)23-17-6-4-5-16(12-17)22-14(2)25/h4-10,12,15H,3,11,13H2,1-2H3,(H,22,25)(H,23,27)/t15-/m1/s1. The molecule has 0 spiro atoms. The quantitative estimate of drug-likeness (QED) is 0.805. The predicted molar refractivity (Wildman–Crippen MR) is 107 cm³/mol. The summed E-state index contributed by atoms with van der Waals surface area (Å²) < 4.78 is 5.42. The molecule has 28 heavy (non-hydrogen) atoms. The van der Waals surface area contributed by atoms with Crippen molar-refractivity contribution in [1.29, 1.82) is 0 Å². The number of amides is 3. The summed E-state index contributed by atoms with van der Waals surface area (Å²) in [5.41, 5.74) is 1.92. The average molecular weight is 381 g/mol. The Bertz CT molecular complexity index is 879. The number of carbonyl (C=O) groups excluding carboxylic acids is 3. The molecule has 1 saturated heterocycles. The Labute approximate surface area is 163 Å². The van der Waals surface area contributed by atoms with Crippen LogP contribution in [0.3, 0.4) is 0 Å². The predicted octanol–water partition coefficient (Wildman–Crippen LogP) is 3.04. The number of ether oxygens (including phenoxy) is 1. The highest BCUT2D eigenvalue weighted by Crippen LogP contribution is 2.28. The van der Waals surface area contributed by atoms with Crippen LogP contribution in [-0.2, 0) is 14.4 Å². The molecule has 0 bridgehead atoms. The average Bonchev–Trinajstić information content (AvgIpc) is 3.04. The Morgan fingerprint density at radius 1 is 1.11 bits per heavy atom. The van der Waals surface area contributed by atoms with Crippen LogP contribution in [0.4, 0.5) is 17.1 Å². The summed E-state index contributed by atoms with van der Waals surface area (Å²) in [6, 6.07) is 14.2. The van der Waals surface area contributed by atoms with Gasteiger partial charge in [-0.3, -0.25) is 14.4 Å². The van der Waals surface area contributed by atoms with Gasteiger partial charge in [-0.2, -0.15) is 0 Å². The van der Waals surface area contributed by atoms with Crippen molar-refractivity contribution in [2.75, 3.05) is 28.7 Å². The molecule has 0 aliphatic carbocycles. The molecule has 3 rings (SSSR count). The third-order valence-corrected chi connectivity index (χ3v) is 4.41. The Kier molecular flexibility index (Phi) is 5.93. The minimum atomic E-state index is -0.441. The van der Waals surface area contributed by atoms with Gasteiger partial charge in [-0.1, -0.05) is 6.07 Å². The third-order valence-electron chi connectivity index (χ3n) is 4.41. The van der Waals surface area contributed by atoms with E-state index in [0.717, 1.165) is 11.4 Å². The van der Waals surface area contributed by atoms with Crippen LogP contribution in [-0.4, -0.2) is 30.9 Å². The summed E-state index contributed by atoms with van der Waals surface area (Å²) in [5.74, 6) is -0.191. The zero-order valence-corrected chi connectivity index (χ0v) is 15.9. The first-order chi connectivity index (χ1) is 13.5. The van der Waals surface area contributed by atoms with E-state index in [1.54, 1.807) is 29.2 Å². The lowest BCUT2D eigenvalue weighted by atomic mass is 10.1. The van der Waals surface area contributed by atoms with E-state index in [1.807, 2.05) is 31.2 Å². The van der Waals surface area contributed by atoms with Gasteiger partial charge >= 0.3 is 0 Å². The molecule has 0 aromatic heterocycles. The SMILES string of the molecule is CCOc1ccc(N2C[C@H](C(=O)Nc3cccc(NC(C)=O)c3)CC2=O)cc1. The van der Waals surface area contributed by atoms with Gasteiger partial charge < -0.3 is 20.3 Å². The normalized spacial score (nSPS) is 16.0. The molecule has 2 N–H and O–H groups in total. The molecule has 1 aliphatic rings. The maximum atomic E-state index is 12.6. The smallest absolute Gasteiger partial charge is 0.229 e. The third kappa shape index (κ3) is 4.68. The molecular formula is C21H23N3O4. The van der Waals surface area contributed by atoms with Gasteiger partial charge in [0.05, 0.1) is 12.5 Å². The van der Waals surface area contributed by atoms with E-state index >= 15 is 0 Å². The number of benzene rings is 2. The van der Waals surface area contributed by atoms with Gasteiger partial charge in [-0.05, 0) is 49.4 Å². The number of hydrogen-bond donors (Lipinski definition) is 2. The lowest BCUT2D eigenvalue weighted by molar-refractivity contribution is -0.122. The summed E-state index contributed by atoms with van der Waals surface area (Å²) in [7, 11) is 0. The van der Waals surface area contributed by atoms with E-state index in [-0.39, 0.29) is 24.1 Å². The van der Waals surface area contributed by atoms with Crippen molar-refractivity contribution in [1.82, 2.24) is 0 Å². The van der Waals surface area contributed by atoms with Gasteiger partial charge in [-0.25, -0.2) is 0 Å². The molecule has 2 aromatic rings. The monoisotopic (exact) mass is 381 g/mol. The summed E-state index contributed by atoms with van der Waals surface area (Å²) in [4.78, 5) is 37.8. The van der Waals surface area contributed by atoms with Crippen LogP contribution >= 0.6 is 0 Å². The molecule has 1 heterocycles. The van der Waals surface area contributed by atoms with Gasteiger partial charge in [0.15, 0.2) is 0 Å². The number of anilines is 3. The number of carbonyl (C=O) groups is 3. The van der Waals surface area contributed by atoms with Crippen molar-refractivity contribution >= 4 is 34.8 Å². The second kappa shape index (κ2) is 8.56. The molecule has 0 unspecified atom stereocenters. The van der Waals surface area contributed by atoms with E-state index in [9.17, 15) is 14.4 Å². The second-order valence-electron chi connectivity index (χ2n) is 6.58. The van der Waals surface area contributed by atoms with Gasteiger partial charge in [0.2, 0.25) is 17.7 Å². The largest absolute Gasteiger partial charge is 0.494 e. The van der Waals surface area contributed by atoms with Crippen LogP contribution in [0, 0.1) is 5.92 Å². The molecule has 7 nitrogen and oxygen atoms in total. The Morgan fingerprint density at radius 3 is 2.43 bits per heavy atom. The van der Waals surface area contributed by atoms with Gasteiger partial charge in [0.25, 0.3) is 0 Å². The van der Waals surface area contributed by atoms with Gasteiger partial charge in [0, 0.05) is 37.0 Å². The van der Waals surface area contributed by atoms with E-state index in [2.05, 4.69) is 10.6 Å². The van der Waals surface area contributed by atoms with Crippen LogP contribution < -0.4 is 20.3 Å². The minimum absolute atomic E-state index is 0.0868. The summed E-state index contributed by atoms with van der Waals surface area (Å²) >= 11 is 0. The summed E-state index contributed by atoms with van der Waals surface area (Å²) in [6.45, 7) is 4.23. The first-order valence-electron chi connectivity index (χ1n) is 9.18. The molecule has 0 radical (unpaired) electrons. The van der Waals surface area contributed by atoms with Crippen molar-refractivity contribution in [3.63, 3.8) is 0 Å². The van der Waals surface area contributed by atoms with E-state index in [1.165, 1.54) is 6.92 Å². The fourth-order valence-corrected chi connectivity index (χ4v) is 3.14. The van der Waals surface area contributed by atoms with Crippen molar-refractivity contribution < 1.29 is 19.1 Å². The Hall–Kier alpha value is -3.35. The van der Waals surface area contributed by atoms with Crippen molar-refractivity contribution in [3.8, 4) is 5.75 Å².